The van der Waals surface area contributed by atoms with E-state index in [0.29, 0.717) is 23.4 Å². The fourth-order valence-corrected chi connectivity index (χ4v) is 4.70. The molecule has 0 fully saturated rings. The number of rotatable bonds is 13. The molecule has 0 aliphatic heterocycles. The highest BCUT2D eigenvalue weighted by Crippen LogP contribution is 2.24. The first kappa shape index (κ1) is 27.3. The first-order valence-electron chi connectivity index (χ1n) is 10.4. The number of benzene rings is 2. The molecule has 34 heavy (non-hydrogen) atoms. The highest BCUT2D eigenvalue weighted by Gasteiger charge is 2.29. The summed E-state index contributed by atoms with van der Waals surface area (Å²) in [7, 11) is -4.28. The molecule has 184 valence electrons. The molecular formula is C22H26ClN3O7S. The molecule has 2 aromatic rings. The van der Waals surface area contributed by atoms with Gasteiger partial charge in [0.15, 0.2) is 4.90 Å². The second kappa shape index (κ2) is 13.0. The molecule has 12 heteroatoms. The quantitative estimate of drug-likeness (QED) is 0.161. The molecule has 0 heterocycles. The van der Waals surface area contributed by atoms with Crippen LogP contribution in [0, 0.1) is 10.1 Å². The Balaban J connectivity index is 1.86. The fraction of sp³-hybridized carbons (Fsp3) is 0.318. The highest BCUT2D eigenvalue weighted by atomic mass is 35.5. The predicted molar refractivity (Wildman–Crippen MR) is 127 cm³/mol. The maximum Gasteiger partial charge on any atom is 0.407 e. The number of carbonyl (C=O) groups excluding carboxylic acids is 1. The van der Waals surface area contributed by atoms with E-state index in [1.54, 1.807) is 24.3 Å². The lowest BCUT2D eigenvalue weighted by atomic mass is 10.1. The van der Waals surface area contributed by atoms with Gasteiger partial charge in [0.2, 0.25) is 10.0 Å². The van der Waals surface area contributed by atoms with E-state index in [1.165, 1.54) is 18.2 Å². The van der Waals surface area contributed by atoms with Gasteiger partial charge in [-0.25, -0.2) is 17.9 Å². The number of nitrogens with zero attached hydrogens (tertiary/aromatic N) is 1. The van der Waals surface area contributed by atoms with Crippen molar-refractivity contribution in [2.75, 3.05) is 6.54 Å². The predicted octanol–water partition coefficient (Wildman–Crippen LogP) is 3.54. The lowest BCUT2D eigenvalue weighted by Gasteiger charge is -2.22. The summed E-state index contributed by atoms with van der Waals surface area (Å²) in [6, 6.07) is 11.0. The smallest absolute Gasteiger partial charge is 0.407 e. The Morgan fingerprint density at radius 2 is 1.88 bits per heavy atom. The van der Waals surface area contributed by atoms with E-state index in [-0.39, 0.29) is 19.6 Å². The molecule has 0 bridgehead atoms. The van der Waals surface area contributed by atoms with Crippen molar-refractivity contribution in [2.45, 2.75) is 42.9 Å². The summed E-state index contributed by atoms with van der Waals surface area (Å²) in [5, 5.41) is 24.4. The fourth-order valence-electron chi connectivity index (χ4n) is 3.05. The Kier molecular flexibility index (Phi) is 10.5. The number of nitro benzene ring substituents is 1. The standard InChI is InChI=1S/C22H26ClN3O7S/c1-2-20(27)18(25-34(31,32)21-13-6-5-12-19(21)26(29)30)11-7-8-14-24-22(28)33-15-16-9-3-4-10-17(16)23/h2-6,9-10,12-13,18,20,25,27H,1,7-8,11,14-15H2,(H,24,28)/t18-,20-/m0/s1. The van der Waals surface area contributed by atoms with Gasteiger partial charge in [-0.1, -0.05) is 54.4 Å². The van der Waals surface area contributed by atoms with Gasteiger partial charge in [0, 0.05) is 23.2 Å². The van der Waals surface area contributed by atoms with Crippen molar-refractivity contribution in [3.8, 4) is 0 Å². The van der Waals surface area contributed by atoms with Gasteiger partial charge in [0.1, 0.15) is 6.61 Å². The Morgan fingerprint density at radius 1 is 1.21 bits per heavy atom. The molecule has 0 aliphatic carbocycles. The summed E-state index contributed by atoms with van der Waals surface area (Å²) in [5.74, 6) is 0. The third-order valence-corrected chi connectivity index (χ3v) is 6.75. The number of para-hydroxylation sites is 1. The zero-order chi connectivity index (χ0) is 25.1. The van der Waals surface area contributed by atoms with Crippen LogP contribution in [0.4, 0.5) is 10.5 Å². The summed E-state index contributed by atoms with van der Waals surface area (Å²) in [6.45, 7) is 3.75. The topological polar surface area (TPSA) is 148 Å². The van der Waals surface area contributed by atoms with Crippen LogP contribution in [0.2, 0.25) is 5.02 Å². The molecule has 2 aromatic carbocycles. The molecule has 10 nitrogen and oxygen atoms in total. The molecule has 0 aromatic heterocycles. The summed E-state index contributed by atoms with van der Waals surface area (Å²) >= 11 is 6.01. The number of alkyl carbamates (subject to hydrolysis) is 1. The van der Waals surface area contributed by atoms with Crippen molar-refractivity contribution in [1.29, 1.82) is 0 Å². The van der Waals surface area contributed by atoms with Gasteiger partial charge in [-0.05, 0) is 25.0 Å². The summed E-state index contributed by atoms with van der Waals surface area (Å²) in [5.41, 5.74) is 0.104. The van der Waals surface area contributed by atoms with Gasteiger partial charge >= 0.3 is 6.09 Å². The largest absolute Gasteiger partial charge is 0.445 e. The van der Waals surface area contributed by atoms with Crippen molar-refractivity contribution < 1.29 is 28.0 Å². The minimum atomic E-state index is -4.28. The third kappa shape index (κ3) is 8.10. The van der Waals surface area contributed by atoms with Gasteiger partial charge in [-0.2, -0.15) is 0 Å². The van der Waals surface area contributed by atoms with Crippen molar-refractivity contribution in [1.82, 2.24) is 10.0 Å². The van der Waals surface area contributed by atoms with Crippen LogP contribution in [-0.2, 0) is 21.4 Å². The van der Waals surface area contributed by atoms with Crippen molar-refractivity contribution in [3.63, 3.8) is 0 Å². The van der Waals surface area contributed by atoms with Crippen molar-refractivity contribution in [2.24, 2.45) is 0 Å². The molecule has 0 spiro atoms. The molecule has 0 unspecified atom stereocenters. The zero-order valence-electron chi connectivity index (χ0n) is 18.2. The normalized spacial score (nSPS) is 13.0. The number of sulfonamides is 1. The lowest BCUT2D eigenvalue weighted by molar-refractivity contribution is -0.387. The van der Waals surface area contributed by atoms with Gasteiger partial charge in [0.25, 0.3) is 5.69 Å². The number of amides is 1. The van der Waals surface area contributed by atoms with Crippen LogP contribution in [0.5, 0.6) is 0 Å². The van der Waals surface area contributed by atoms with E-state index < -0.39 is 43.8 Å². The molecule has 2 atom stereocenters. The maximum absolute atomic E-state index is 12.7. The Labute approximate surface area is 202 Å². The second-order valence-electron chi connectivity index (χ2n) is 7.27. The first-order chi connectivity index (χ1) is 16.2. The van der Waals surface area contributed by atoms with Gasteiger partial charge < -0.3 is 15.2 Å². The van der Waals surface area contributed by atoms with Gasteiger partial charge in [-0.3, -0.25) is 10.1 Å². The van der Waals surface area contributed by atoms with Crippen LogP contribution in [0.25, 0.3) is 0 Å². The van der Waals surface area contributed by atoms with Crippen LogP contribution < -0.4 is 10.0 Å². The number of halogens is 1. The molecule has 0 saturated heterocycles. The number of aliphatic hydroxyl groups excluding tert-OH is 1. The van der Waals surface area contributed by atoms with Gasteiger partial charge in [0.05, 0.1) is 17.1 Å². The maximum atomic E-state index is 12.7. The van der Waals surface area contributed by atoms with Crippen LogP contribution in [0.1, 0.15) is 24.8 Å². The molecular weight excluding hydrogens is 486 g/mol. The number of carbonyl (C=O) groups is 1. The van der Waals surface area contributed by atoms with E-state index in [1.807, 2.05) is 0 Å². The number of nitrogens with one attached hydrogen (secondary N) is 2. The Morgan fingerprint density at radius 3 is 2.56 bits per heavy atom. The number of ether oxygens (including phenoxy) is 1. The molecule has 2 rings (SSSR count). The minimum absolute atomic E-state index is 0.0203. The molecule has 0 radical (unpaired) electrons. The van der Waals surface area contributed by atoms with E-state index in [0.717, 1.165) is 12.1 Å². The minimum Gasteiger partial charge on any atom is -0.445 e. The molecule has 1 amide bonds. The van der Waals surface area contributed by atoms with Crippen LogP contribution >= 0.6 is 11.6 Å². The van der Waals surface area contributed by atoms with Crippen LogP contribution in [-0.4, -0.2) is 43.2 Å². The molecule has 3 N–H and O–H groups in total. The molecule has 0 saturated carbocycles. The summed E-state index contributed by atoms with van der Waals surface area (Å²) < 4.78 is 32.9. The lowest BCUT2D eigenvalue weighted by Crippen LogP contribution is -2.42. The van der Waals surface area contributed by atoms with E-state index in [2.05, 4.69) is 16.6 Å². The van der Waals surface area contributed by atoms with E-state index in [4.69, 9.17) is 16.3 Å². The summed E-state index contributed by atoms with van der Waals surface area (Å²) in [6.07, 6.45) is 0.431. The Hall–Kier alpha value is -2.99. The van der Waals surface area contributed by atoms with E-state index >= 15 is 0 Å². The third-order valence-electron chi connectivity index (χ3n) is 4.84. The average molecular weight is 512 g/mol. The first-order valence-corrected chi connectivity index (χ1v) is 12.2. The monoisotopic (exact) mass is 511 g/mol. The number of nitro groups is 1. The SMILES string of the molecule is C=C[C@H](O)[C@H](CCCCNC(=O)OCc1ccccc1Cl)NS(=O)(=O)c1ccccc1[N+](=O)[O-]. The van der Waals surface area contributed by atoms with Crippen LogP contribution in [0.3, 0.4) is 0 Å². The summed E-state index contributed by atoms with van der Waals surface area (Å²) in [4.78, 5) is 21.7. The second-order valence-corrected chi connectivity index (χ2v) is 9.36. The highest BCUT2D eigenvalue weighted by molar-refractivity contribution is 7.89. The number of unbranched alkanes of at least 4 members (excludes halogenated alkanes) is 1. The number of hydrogen-bond acceptors (Lipinski definition) is 7. The van der Waals surface area contributed by atoms with Crippen molar-refractivity contribution in [3.05, 3.63) is 81.9 Å². The Bertz CT molecular complexity index is 1110. The molecule has 0 aliphatic rings. The van der Waals surface area contributed by atoms with E-state index in [9.17, 15) is 28.4 Å². The van der Waals surface area contributed by atoms with Crippen molar-refractivity contribution >= 4 is 33.4 Å². The van der Waals surface area contributed by atoms with Crippen LogP contribution in [0.15, 0.2) is 66.1 Å². The number of hydrogen-bond donors (Lipinski definition) is 3. The zero-order valence-corrected chi connectivity index (χ0v) is 19.8. The number of aliphatic hydroxyl groups is 1. The average Bonchev–Trinajstić information content (AvgIpc) is 2.82. The van der Waals surface area contributed by atoms with Gasteiger partial charge in [-0.15, -0.1) is 6.58 Å².